The van der Waals surface area contributed by atoms with Crippen molar-refractivity contribution in [3.8, 4) is 34.4 Å². The Kier molecular flexibility index (Phi) is 10.1. The quantitative estimate of drug-likeness (QED) is 0.239. The summed E-state index contributed by atoms with van der Waals surface area (Å²) in [6.07, 6.45) is 1.88. The van der Waals surface area contributed by atoms with Crippen LogP contribution in [-0.4, -0.2) is 77.4 Å². The maximum Gasteiger partial charge on any atom is 0.251 e. The first-order chi connectivity index (χ1) is 21.1. The molecule has 1 atom stereocenters. The molecule has 0 unspecified atom stereocenters. The molecule has 0 aliphatic rings. The van der Waals surface area contributed by atoms with Crippen molar-refractivity contribution in [1.29, 1.82) is 0 Å². The number of rotatable bonds is 13. The van der Waals surface area contributed by atoms with Crippen molar-refractivity contribution in [2.45, 2.75) is 45.3 Å². The number of hydrogen-bond donors (Lipinski definition) is 1. The summed E-state index contributed by atoms with van der Waals surface area (Å²) in [6, 6.07) is 13.0. The minimum atomic E-state index is -1.05. The Balaban J connectivity index is 1.64. The summed E-state index contributed by atoms with van der Waals surface area (Å²) in [4.78, 5) is 30.3. The van der Waals surface area contributed by atoms with E-state index in [1.807, 2.05) is 32.9 Å². The lowest BCUT2D eigenvalue weighted by Gasteiger charge is -2.32. The molecule has 2 aromatic carbocycles. The van der Waals surface area contributed by atoms with Crippen molar-refractivity contribution in [3.05, 3.63) is 66.1 Å². The molecule has 0 bridgehead atoms. The standard InChI is InChI=1S/C31H38N6O7/c1-31(2,3)32-30(39)28(24-9-8-16-44-24)36(15-14-20-10-12-22(40-4)25(17-20)42-6)27(38)19-37-34-29(33-35-37)21-11-13-23(41-5)26(18-21)43-7/h8-13,16-18,28H,14-15,19H2,1-7H3,(H,32,39)/t28-/m1/s1. The van der Waals surface area contributed by atoms with Crippen LogP contribution in [-0.2, 0) is 22.6 Å². The van der Waals surface area contributed by atoms with Crippen LogP contribution >= 0.6 is 0 Å². The van der Waals surface area contributed by atoms with E-state index in [4.69, 9.17) is 23.4 Å². The number of hydrogen-bond acceptors (Lipinski definition) is 10. The lowest BCUT2D eigenvalue weighted by molar-refractivity contribution is -0.143. The molecular formula is C31H38N6O7. The average Bonchev–Trinajstić information content (AvgIpc) is 3.70. The topological polar surface area (TPSA) is 143 Å². The number of amides is 2. The van der Waals surface area contributed by atoms with Crippen LogP contribution in [0.5, 0.6) is 23.0 Å². The number of carbonyl (C=O) groups excluding carboxylic acids is 2. The van der Waals surface area contributed by atoms with Gasteiger partial charge in [0.15, 0.2) is 29.0 Å². The second-order valence-electron chi connectivity index (χ2n) is 10.9. The average molecular weight is 607 g/mol. The number of ether oxygens (including phenoxy) is 4. The van der Waals surface area contributed by atoms with Crippen molar-refractivity contribution in [1.82, 2.24) is 30.4 Å². The summed E-state index contributed by atoms with van der Waals surface area (Å²) in [7, 11) is 6.20. The fourth-order valence-corrected chi connectivity index (χ4v) is 4.61. The summed E-state index contributed by atoms with van der Waals surface area (Å²) in [5, 5.41) is 15.6. The van der Waals surface area contributed by atoms with E-state index >= 15 is 0 Å². The van der Waals surface area contributed by atoms with Gasteiger partial charge in [-0.1, -0.05) is 6.07 Å². The van der Waals surface area contributed by atoms with Crippen LogP contribution in [0.3, 0.4) is 0 Å². The predicted octanol–water partition coefficient (Wildman–Crippen LogP) is 3.69. The molecule has 0 saturated heterocycles. The molecule has 2 amide bonds. The van der Waals surface area contributed by atoms with Crippen molar-refractivity contribution in [3.63, 3.8) is 0 Å². The molecular weight excluding hydrogens is 568 g/mol. The van der Waals surface area contributed by atoms with Gasteiger partial charge in [-0.05, 0) is 80.4 Å². The monoisotopic (exact) mass is 606 g/mol. The second-order valence-corrected chi connectivity index (χ2v) is 10.9. The summed E-state index contributed by atoms with van der Waals surface area (Å²) in [6.45, 7) is 5.51. The molecule has 0 aliphatic carbocycles. The number of methoxy groups -OCH3 is 4. The highest BCUT2D eigenvalue weighted by Crippen LogP contribution is 2.31. The third kappa shape index (κ3) is 7.65. The third-order valence-corrected chi connectivity index (χ3v) is 6.65. The zero-order valence-corrected chi connectivity index (χ0v) is 26.0. The minimum absolute atomic E-state index is 0.175. The Morgan fingerprint density at radius 2 is 1.59 bits per heavy atom. The molecule has 0 saturated carbocycles. The fourth-order valence-electron chi connectivity index (χ4n) is 4.61. The van der Waals surface area contributed by atoms with Crippen LogP contribution < -0.4 is 24.3 Å². The van der Waals surface area contributed by atoms with Crippen molar-refractivity contribution in [2.75, 3.05) is 35.0 Å². The van der Waals surface area contributed by atoms with E-state index < -0.39 is 17.5 Å². The first-order valence-corrected chi connectivity index (χ1v) is 13.9. The normalized spacial score (nSPS) is 11.9. The molecule has 4 rings (SSSR count). The zero-order valence-electron chi connectivity index (χ0n) is 26.0. The summed E-state index contributed by atoms with van der Waals surface area (Å²) >= 11 is 0. The van der Waals surface area contributed by atoms with Gasteiger partial charge in [0.1, 0.15) is 12.3 Å². The molecule has 0 spiro atoms. The molecule has 2 aromatic heterocycles. The highest BCUT2D eigenvalue weighted by molar-refractivity contribution is 5.88. The largest absolute Gasteiger partial charge is 0.493 e. The Hall–Kier alpha value is -5.07. The predicted molar refractivity (Wildman–Crippen MR) is 161 cm³/mol. The number of nitrogens with one attached hydrogen (secondary N) is 1. The van der Waals surface area contributed by atoms with Crippen LogP contribution in [0.15, 0.2) is 59.2 Å². The van der Waals surface area contributed by atoms with E-state index in [1.165, 1.54) is 23.1 Å². The molecule has 1 N–H and O–H groups in total. The van der Waals surface area contributed by atoms with E-state index in [9.17, 15) is 9.59 Å². The SMILES string of the molecule is COc1ccc(CCN(C(=O)Cn2nnc(-c3ccc(OC)c(OC)c3)n2)[C@@H](C(=O)NC(C)(C)C)c2ccco2)cc1OC. The summed E-state index contributed by atoms with van der Waals surface area (Å²) < 4.78 is 27.2. The van der Waals surface area contributed by atoms with Gasteiger partial charge in [-0.2, -0.15) is 4.80 Å². The lowest BCUT2D eigenvalue weighted by Crippen LogP contribution is -2.50. The molecule has 13 nitrogen and oxygen atoms in total. The van der Waals surface area contributed by atoms with Crippen molar-refractivity contribution in [2.24, 2.45) is 0 Å². The van der Waals surface area contributed by atoms with E-state index in [0.717, 1.165) is 5.56 Å². The molecule has 13 heteroatoms. The Morgan fingerprint density at radius 3 is 2.20 bits per heavy atom. The number of carbonyl (C=O) groups is 2. The van der Waals surface area contributed by atoms with Gasteiger partial charge in [-0.3, -0.25) is 9.59 Å². The van der Waals surface area contributed by atoms with Gasteiger partial charge in [-0.15, -0.1) is 10.2 Å². The highest BCUT2D eigenvalue weighted by atomic mass is 16.5. The number of benzene rings is 2. The van der Waals surface area contributed by atoms with Crippen LogP contribution in [0.25, 0.3) is 11.4 Å². The highest BCUT2D eigenvalue weighted by Gasteiger charge is 2.35. The number of furan rings is 1. The van der Waals surface area contributed by atoms with Gasteiger partial charge in [-0.25, -0.2) is 0 Å². The van der Waals surface area contributed by atoms with Crippen molar-refractivity contribution >= 4 is 11.8 Å². The maximum absolute atomic E-state index is 14.0. The molecule has 0 aliphatic heterocycles. The molecule has 234 valence electrons. The van der Waals surface area contributed by atoms with E-state index in [1.54, 1.807) is 57.7 Å². The van der Waals surface area contributed by atoms with E-state index in [0.29, 0.717) is 46.6 Å². The molecule has 2 heterocycles. The first-order valence-electron chi connectivity index (χ1n) is 13.9. The Morgan fingerprint density at radius 1 is 0.932 bits per heavy atom. The Labute approximate surface area is 256 Å². The molecule has 44 heavy (non-hydrogen) atoms. The van der Waals surface area contributed by atoms with Crippen molar-refractivity contribution < 1.29 is 33.0 Å². The Bertz CT molecular complexity index is 1560. The number of tetrazole rings is 1. The molecule has 0 fully saturated rings. The first kappa shape index (κ1) is 31.9. The number of aromatic nitrogens is 4. The van der Waals surface area contributed by atoms with E-state index in [2.05, 4.69) is 20.7 Å². The second kappa shape index (κ2) is 13.9. The third-order valence-electron chi connectivity index (χ3n) is 6.65. The fraction of sp³-hybridized carbons (Fsp3) is 0.387. The summed E-state index contributed by atoms with van der Waals surface area (Å²) in [5.41, 5.74) is 0.955. The maximum atomic E-state index is 14.0. The van der Waals surface area contributed by atoms with Crippen LogP contribution in [0.4, 0.5) is 0 Å². The summed E-state index contributed by atoms with van der Waals surface area (Å²) in [5.74, 6) is 2.04. The smallest absolute Gasteiger partial charge is 0.251 e. The van der Waals surface area contributed by atoms with Crippen LogP contribution in [0.2, 0.25) is 0 Å². The van der Waals surface area contributed by atoms with Crippen LogP contribution in [0.1, 0.15) is 38.1 Å². The van der Waals surface area contributed by atoms with Crippen LogP contribution in [0, 0.1) is 0 Å². The van der Waals surface area contributed by atoms with Gasteiger partial charge in [0, 0.05) is 17.6 Å². The van der Waals surface area contributed by atoms with Gasteiger partial charge in [0.2, 0.25) is 11.7 Å². The molecule has 0 radical (unpaired) electrons. The zero-order chi connectivity index (χ0) is 31.9. The van der Waals surface area contributed by atoms with Gasteiger partial charge >= 0.3 is 0 Å². The minimum Gasteiger partial charge on any atom is -0.493 e. The number of nitrogens with zero attached hydrogens (tertiary/aromatic N) is 5. The van der Waals surface area contributed by atoms with Gasteiger partial charge < -0.3 is 33.6 Å². The lowest BCUT2D eigenvalue weighted by atomic mass is 10.0. The van der Waals surface area contributed by atoms with Gasteiger partial charge in [0.05, 0.1) is 34.7 Å². The van der Waals surface area contributed by atoms with Gasteiger partial charge in [0.25, 0.3) is 5.91 Å². The van der Waals surface area contributed by atoms with E-state index in [-0.39, 0.29) is 19.0 Å². The molecule has 4 aromatic rings.